The molecule has 2 aromatic rings. The van der Waals surface area contributed by atoms with Gasteiger partial charge in [0.1, 0.15) is 0 Å². The van der Waals surface area contributed by atoms with E-state index in [-0.39, 0.29) is 46.3 Å². The minimum atomic E-state index is -1.41. The van der Waals surface area contributed by atoms with E-state index >= 15 is 0 Å². The summed E-state index contributed by atoms with van der Waals surface area (Å²) in [6.07, 6.45) is -2.17. The zero-order valence-electron chi connectivity index (χ0n) is 32.7. The minimum absolute atomic E-state index is 0.0304. The van der Waals surface area contributed by atoms with Gasteiger partial charge >= 0.3 is 304 Å². The van der Waals surface area contributed by atoms with Crippen molar-refractivity contribution in [2.24, 2.45) is 0 Å². The van der Waals surface area contributed by atoms with Crippen LogP contribution in [0.4, 0.5) is 10.5 Å². The Kier molecular flexibility index (Phi) is 17.6. The molecule has 0 saturated heterocycles. The van der Waals surface area contributed by atoms with Gasteiger partial charge in [-0.2, -0.15) is 0 Å². The summed E-state index contributed by atoms with van der Waals surface area (Å²) in [6, 6.07) is 12.9. The van der Waals surface area contributed by atoms with Crippen LogP contribution in [0.15, 0.2) is 54.6 Å². The summed E-state index contributed by atoms with van der Waals surface area (Å²) < 4.78 is 22.1. The van der Waals surface area contributed by atoms with Crippen molar-refractivity contribution in [2.75, 3.05) is 0 Å². The second-order valence-electron chi connectivity index (χ2n) is 15.6. The van der Waals surface area contributed by atoms with Gasteiger partial charge in [-0.1, -0.05) is 0 Å². The zero-order valence-corrected chi connectivity index (χ0v) is 34.4. The molecule has 0 unspecified atom stereocenters. The summed E-state index contributed by atoms with van der Waals surface area (Å²) in [5, 5.41) is 17.7. The first-order valence-corrected chi connectivity index (χ1v) is 20.2. The number of carbonyl (C=O) groups is 5. The van der Waals surface area contributed by atoms with Gasteiger partial charge in [-0.25, -0.2) is 0 Å². The van der Waals surface area contributed by atoms with E-state index in [1.807, 2.05) is 0 Å². The number of amides is 2. The Hall–Kier alpha value is -4.49. The van der Waals surface area contributed by atoms with Crippen molar-refractivity contribution in [3.8, 4) is 0 Å². The van der Waals surface area contributed by atoms with Crippen molar-refractivity contribution in [1.29, 1.82) is 0 Å². The van der Waals surface area contributed by atoms with Crippen molar-refractivity contribution in [3.05, 3.63) is 75.8 Å². The van der Waals surface area contributed by atoms with Gasteiger partial charge in [-0.15, -0.1) is 0 Å². The van der Waals surface area contributed by atoms with Crippen LogP contribution in [-0.2, 0) is 49.9 Å². The van der Waals surface area contributed by atoms with Crippen LogP contribution in [0.2, 0.25) is 5.32 Å². The zero-order chi connectivity index (χ0) is 40.7. The first-order chi connectivity index (χ1) is 25.0. The number of benzene rings is 2. The van der Waals surface area contributed by atoms with E-state index in [2.05, 4.69) is 10.6 Å². The number of alkyl carbamates (subject to hydrolysis) is 1. The third-order valence-corrected chi connectivity index (χ3v) is 9.37. The van der Waals surface area contributed by atoms with E-state index in [0.29, 0.717) is 28.2 Å². The van der Waals surface area contributed by atoms with Crippen LogP contribution >= 0.6 is 0 Å². The average molecular weight is 821 g/mol. The second-order valence-corrected chi connectivity index (χ2v) is 17.9. The molecule has 0 spiro atoms. The molecular weight excluding hydrogens is 765 g/mol. The van der Waals surface area contributed by atoms with Gasteiger partial charge < -0.3 is 0 Å². The topological polar surface area (TPSA) is 189 Å². The molecule has 0 aliphatic heterocycles. The first kappa shape index (κ1) is 45.7. The number of nitrogens with zero attached hydrogens (tertiary/aromatic N) is 1. The molecule has 0 aliphatic rings. The summed E-state index contributed by atoms with van der Waals surface area (Å²) in [4.78, 5) is 77.4. The summed E-state index contributed by atoms with van der Waals surface area (Å²) in [5.41, 5.74) is -1.19. The van der Waals surface area contributed by atoms with Gasteiger partial charge in [0, 0.05) is 0 Å². The molecule has 298 valence electrons. The number of hydrogen-bond acceptors (Lipinski definition) is 11. The molecule has 54 heavy (non-hydrogen) atoms. The van der Waals surface area contributed by atoms with Crippen molar-refractivity contribution in [3.63, 3.8) is 0 Å². The van der Waals surface area contributed by atoms with Gasteiger partial charge in [0.15, 0.2) is 0 Å². The fraction of sp³-hybridized carbons (Fsp3) is 0.564. The number of esters is 3. The fourth-order valence-electron chi connectivity index (χ4n) is 4.86. The quantitative estimate of drug-likeness (QED) is 0.0449. The summed E-state index contributed by atoms with van der Waals surface area (Å²) in [7, 11) is 0. The van der Waals surface area contributed by atoms with E-state index in [1.54, 1.807) is 111 Å². The predicted molar refractivity (Wildman–Crippen MR) is 203 cm³/mol. The molecule has 0 aromatic heterocycles. The number of hydrogen-bond donors (Lipinski definition) is 2. The maximum absolute atomic E-state index is 13.9. The van der Waals surface area contributed by atoms with Crippen LogP contribution < -0.4 is 10.6 Å². The molecule has 0 radical (unpaired) electrons. The monoisotopic (exact) mass is 821 g/mol. The molecule has 14 nitrogen and oxygen atoms in total. The van der Waals surface area contributed by atoms with Gasteiger partial charge in [-0.05, 0) is 20.8 Å². The van der Waals surface area contributed by atoms with Crippen LogP contribution in [0, 0.1) is 10.1 Å². The van der Waals surface area contributed by atoms with Crippen LogP contribution in [0.25, 0.3) is 0 Å². The first-order valence-electron chi connectivity index (χ1n) is 17.8. The van der Waals surface area contributed by atoms with Gasteiger partial charge in [0.05, 0.1) is 0 Å². The van der Waals surface area contributed by atoms with Crippen molar-refractivity contribution in [2.45, 2.75) is 140 Å². The van der Waals surface area contributed by atoms with Crippen LogP contribution in [0.5, 0.6) is 0 Å². The van der Waals surface area contributed by atoms with Crippen molar-refractivity contribution >= 4 is 50.6 Å². The molecule has 0 fully saturated rings. The van der Waals surface area contributed by atoms with E-state index in [1.165, 1.54) is 6.07 Å². The number of nitro groups is 1. The maximum atomic E-state index is 13.9. The van der Waals surface area contributed by atoms with Crippen LogP contribution in [0.3, 0.4) is 0 Å². The Balaban J connectivity index is 2.34. The van der Waals surface area contributed by atoms with Crippen molar-refractivity contribution in [1.82, 2.24) is 10.6 Å². The molecule has 15 heteroatoms. The SMILES string of the molecule is CC(C)(C)OC(=O)CC[C@H](NC(=O)[C@H](CCC[Se]Cc1ccccc1[N+](=O)[O-])OC(=O)[C@H](Cc1ccccc1)NC(=O)OC(C)(C)C)C(=O)OC(C)(C)C. The fourth-order valence-corrected chi connectivity index (χ4v) is 6.92. The molecule has 2 N–H and O–H groups in total. The number of rotatable bonds is 18. The van der Waals surface area contributed by atoms with Crippen LogP contribution in [0.1, 0.15) is 99.1 Å². The second kappa shape index (κ2) is 20.8. The van der Waals surface area contributed by atoms with E-state index in [4.69, 9.17) is 18.9 Å². The average Bonchev–Trinajstić information content (AvgIpc) is 3.03. The summed E-state index contributed by atoms with van der Waals surface area (Å²) in [6.45, 7) is 15.2. The molecule has 2 aromatic carbocycles. The third-order valence-electron chi connectivity index (χ3n) is 7.07. The van der Waals surface area contributed by atoms with Gasteiger partial charge in [0.2, 0.25) is 0 Å². The molecule has 2 rings (SSSR count). The number of nitrogens with one attached hydrogen (secondary N) is 2. The molecule has 0 bridgehead atoms. The summed E-state index contributed by atoms with van der Waals surface area (Å²) in [5.74, 6) is -3.07. The Morgan fingerprint density at radius 3 is 1.93 bits per heavy atom. The van der Waals surface area contributed by atoms with E-state index in [0.717, 1.165) is 0 Å². The number of ether oxygens (including phenoxy) is 4. The van der Waals surface area contributed by atoms with E-state index < -0.39 is 69.8 Å². The van der Waals surface area contributed by atoms with E-state index in [9.17, 15) is 34.1 Å². The number of para-hydroxylation sites is 1. The molecule has 3 atom stereocenters. The predicted octanol–water partition coefficient (Wildman–Crippen LogP) is 5.99. The normalized spacial score (nSPS) is 13.4. The molecule has 0 aliphatic carbocycles. The third kappa shape index (κ3) is 18.5. The molecule has 0 heterocycles. The van der Waals surface area contributed by atoms with Gasteiger partial charge in [-0.3, -0.25) is 0 Å². The van der Waals surface area contributed by atoms with Crippen LogP contribution in [-0.4, -0.2) is 84.8 Å². The standard InChI is InChI=1S/C39H55N3O11Se/c1-37(2,3)51-32(43)22-21-28(35(46)52-38(4,5)6)40-33(44)31(20-15-23-54-25-27-18-13-14-19-30(27)42(48)49)50-34(45)29(24-26-16-11-10-12-17-26)41-36(47)53-39(7,8)9/h10-14,16-19,28-29,31H,15,20-25H2,1-9H3,(H,40,44)(H,41,47)/t28-,29-,31-/m0/s1. The number of nitro benzene ring substituents is 1. The summed E-state index contributed by atoms with van der Waals surface area (Å²) >= 11 is -0.0995. The number of carbonyl (C=O) groups excluding carboxylic acids is 5. The van der Waals surface area contributed by atoms with Gasteiger partial charge in [0.25, 0.3) is 0 Å². The van der Waals surface area contributed by atoms with Crippen molar-refractivity contribution < 1.29 is 47.8 Å². The molecule has 2 amide bonds. The Morgan fingerprint density at radius 2 is 1.33 bits per heavy atom. The molecular formula is C39H55N3O11Se. The molecule has 0 saturated carbocycles. The Labute approximate surface area is 324 Å². The Morgan fingerprint density at radius 1 is 0.741 bits per heavy atom. The Bertz CT molecular complexity index is 1580.